The fourth-order valence-corrected chi connectivity index (χ4v) is 3.28. The Morgan fingerprint density at radius 2 is 2.23 bits per heavy atom. The van der Waals surface area contributed by atoms with Gasteiger partial charge in [-0.05, 0) is 23.5 Å². The maximum atomic E-state index is 12.2. The van der Waals surface area contributed by atoms with Crippen molar-refractivity contribution >= 4 is 42.5 Å². The Hall–Kier alpha value is -0.490. The second kappa shape index (κ2) is 9.60. The Labute approximate surface area is 149 Å². The standard InChI is InChI=1S/C15H23N3OS.2ClH/c1-15(2)11-18(7-5-13(15)16)14(19)10-20-9-12-4-3-6-17-8-12;;/h3-4,6,8,13H,5,7,9-11,16H2,1-2H3;2*1H. The average Bonchev–Trinajstić information content (AvgIpc) is 2.43. The van der Waals surface area contributed by atoms with E-state index >= 15 is 0 Å². The molecule has 0 aliphatic carbocycles. The molecular weight excluding hydrogens is 341 g/mol. The first-order valence-electron chi connectivity index (χ1n) is 6.99. The van der Waals surface area contributed by atoms with Crippen molar-refractivity contribution in [2.45, 2.75) is 32.1 Å². The summed E-state index contributed by atoms with van der Waals surface area (Å²) < 4.78 is 0. The molecule has 7 heteroatoms. The van der Waals surface area contributed by atoms with Gasteiger partial charge in [0.1, 0.15) is 0 Å². The van der Waals surface area contributed by atoms with E-state index in [1.807, 2.05) is 23.2 Å². The SMILES string of the molecule is CC1(C)CN(C(=O)CSCc2cccnc2)CCC1N.Cl.Cl. The summed E-state index contributed by atoms with van der Waals surface area (Å²) >= 11 is 1.65. The summed E-state index contributed by atoms with van der Waals surface area (Å²) in [6, 6.07) is 4.15. The number of nitrogens with two attached hydrogens (primary N) is 1. The van der Waals surface area contributed by atoms with Crippen molar-refractivity contribution in [3.8, 4) is 0 Å². The zero-order valence-corrected chi connectivity index (χ0v) is 15.5. The number of pyridine rings is 1. The summed E-state index contributed by atoms with van der Waals surface area (Å²) in [5.41, 5.74) is 7.28. The highest BCUT2D eigenvalue weighted by molar-refractivity contribution is 7.99. The average molecular weight is 366 g/mol. The third-order valence-electron chi connectivity index (χ3n) is 3.88. The van der Waals surface area contributed by atoms with Crippen molar-refractivity contribution in [2.24, 2.45) is 11.1 Å². The third-order valence-corrected chi connectivity index (χ3v) is 4.87. The van der Waals surface area contributed by atoms with Crippen LogP contribution in [-0.2, 0) is 10.5 Å². The largest absolute Gasteiger partial charge is 0.341 e. The van der Waals surface area contributed by atoms with Crippen LogP contribution in [0.3, 0.4) is 0 Å². The van der Waals surface area contributed by atoms with Crippen molar-refractivity contribution in [1.82, 2.24) is 9.88 Å². The van der Waals surface area contributed by atoms with E-state index in [2.05, 4.69) is 18.8 Å². The lowest BCUT2D eigenvalue weighted by molar-refractivity contribution is -0.131. The molecule has 1 unspecified atom stereocenters. The van der Waals surface area contributed by atoms with E-state index in [0.717, 1.165) is 30.8 Å². The van der Waals surface area contributed by atoms with Gasteiger partial charge in [-0.25, -0.2) is 0 Å². The lowest BCUT2D eigenvalue weighted by atomic mass is 9.80. The predicted molar refractivity (Wildman–Crippen MR) is 97.8 cm³/mol. The number of hydrogen-bond donors (Lipinski definition) is 1. The molecule has 0 aromatic carbocycles. The Kier molecular flexibility index (Phi) is 9.39. The van der Waals surface area contributed by atoms with Gasteiger partial charge in [0.2, 0.25) is 5.91 Å². The molecular formula is C15H25Cl2N3OS. The summed E-state index contributed by atoms with van der Waals surface area (Å²) in [6.07, 6.45) is 4.50. The maximum absolute atomic E-state index is 12.2. The molecule has 1 aliphatic rings. The fraction of sp³-hybridized carbons (Fsp3) is 0.600. The first-order chi connectivity index (χ1) is 9.49. The van der Waals surface area contributed by atoms with Crippen molar-refractivity contribution in [3.63, 3.8) is 0 Å². The van der Waals surface area contributed by atoms with Gasteiger partial charge in [-0.15, -0.1) is 36.6 Å². The van der Waals surface area contributed by atoms with E-state index in [1.54, 1.807) is 18.0 Å². The van der Waals surface area contributed by atoms with Crippen LogP contribution in [0.15, 0.2) is 24.5 Å². The smallest absolute Gasteiger partial charge is 0.232 e. The summed E-state index contributed by atoms with van der Waals surface area (Å²) in [5, 5.41) is 0. The van der Waals surface area contributed by atoms with Crippen molar-refractivity contribution < 1.29 is 4.79 Å². The Balaban J connectivity index is 0.00000220. The van der Waals surface area contributed by atoms with Gasteiger partial charge in [0.15, 0.2) is 0 Å². The van der Waals surface area contributed by atoms with E-state index < -0.39 is 0 Å². The molecule has 1 saturated heterocycles. The molecule has 0 spiro atoms. The number of aromatic nitrogens is 1. The lowest BCUT2D eigenvalue weighted by Crippen LogP contribution is -2.54. The van der Waals surface area contributed by atoms with E-state index in [9.17, 15) is 4.79 Å². The quantitative estimate of drug-likeness (QED) is 0.890. The molecule has 22 heavy (non-hydrogen) atoms. The maximum Gasteiger partial charge on any atom is 0.232 e. The first-order valence-corrected chi connectivity index (χ1v) is 8.14. The van der Waals surface area contributed by atoms with Crippen LogP contribution in [0.25, 0.3) is 0 Å². The van der Waals surface area contributed by atoms with Gasteiger partial charge in [0, 0.05) is 37.3 Å². The highest BCUT2D eigenvalue weighted by atomic mass is 35.5. The van der Waals surface area contributed by atoms with Gasteiger partial charge in [0.05, 0.1) is 5.75 Å². The van der Waals surface area contributed by atoms with Crippen molar-refractivity contribution in [2.75, 3.05) is 18.8 Å². The van der Waals surface area contributed by atoms with Crippen LogP contribution in [0.5, 0.6) is 0 Å². The van der Waals surface area contributed by atoms with E-state index in [0.29, 0.717) is 5.75 Å². The van der Waals surface area contributed by atoms with Gasteiger partial charge in [-0.3, -0.25) is 9.78 Å². The zero-order chi connectivity index (χ0) is 14.6. The molecule has 1 aliphatic heterocycles. The number of rotatable bonds is 4. The number of thioether (sulfide) groups is 1. The number of hydrogen-bond acceptors (Lipinski definition) is 4. The zero-order valence-electron chi connectivity index (χ0n) is 13.0. The molecule has 2 N–H and O–H groups in total. The molecule has 2 heterocycles. The molecule has 0 radical (unpaired) electrons. The monoisotopic (exact) mass is 365 g/mol. The van der Waals surface area contributed by atoms with Gasteiger partial charge >= 0.3 is 0 Å². The third kappa shape index (κ3) is 5.95. The van der Waals surface area contributed by atoms with Crippen molar-refractivity contribution in [3.05, 3.63) is 30.1 Å². The van der Waals surface area contributed by atoms with Crippen LogP contribution in [-0.4, -0.2) is 40.7 Å². The molecule has 2 rings (SSSR count). The van der Waals surface area contributed by atoms with Crippen LogP contribution in [0, 0.1) is 5.41 Å². The number of nitrogens with zero attached hydrogens (tertiary/aromatic N) is 2. The molecule has 1 fully saturated rings. The Morgan fingerprint density at radius 3 is 2.82 bits per heavy atom. The topological polar surface area (TPSA) is 59.2 Å². The van der Waals surface area contributed by atoms with Gasteiger partial charge in [-0.2, -0.15) is 0 Å². The fourth-order valence-electron chi connectivity index (χ4n) is 2.42. The molecule has 0 bridgehead atoms. The Bertz CT molecular complexity index is 459. The molecule has 1 atom stereocenters. The number of amides is 1. The molecule has 0 saturated carbocycles. The number of carbonyl (C=O) groups is 1. The molecule has 1 aromatic heterocycles. The lowest BCUT2D eigenvalue weighted by Gasteiger charge is -2.42. The molecule has 126 valence electrons. The number of halogens is 2. The van der Waals surface area contributed by atoms with Crippen LogP contribution < -0.4 is 5.73 Å². The summed E-state index contributed by atoms with van der Waals surface area (Å²) in [7, 11) is 0. The number of piperidine rings is 1. The summed E-state index contributed by atoms with van der Waals surface area (Å²) in [5.74, 6) is 1.58. The highest BCUT2D eigenvalue weighted by Gasteiger charge is 2.35. The van der Waals surface area contributed by atoms with E-state index in [4.69, 9.17) is 5.73 Å². The highest BCUT2D eigenvalue weighted by Crippen LogP contribution is 2.28. The van der Waals surface area contributed by atoms with E-state index in [1.165, 1.54) is 0 Å². The second-order valence-corrected chi connectivity index (χ2v) is 7.04. The molecule has 1 amide bonds. The van der Waals surface area contributed by atoms with Crippen LogP contribution in [0.2, 0.25) is 0 Å². The normalized spacial score (nSPS) is 19.8. The summed E-state index contributed by atoms with van der Waals surface area (Å²) in [4.78, 5) is 18.3. The van der Waals surface area contributed by atoms with Crippen LogP contribution in [0.4, 0.5) is 0 Å². The van der Waals surface area contributed by atoms with Gasteiger partial charge in [-0.1, -0.05) is 19.9 Å². The minimum absolute atomic E-state index is 0. The van der Waals surface area contributed by atoms with Gasteiger partial charge in [0.25, 0.3) is 0 Å². The van der Waals surface area contributed by atoms with Crippen LogP contribution in [0.1, 0.15) is 25.8 Å². The predicted octanol–water partition coefficient (Wildman–Crippen LogP) is 2.74. The minimum Gasteiger partial charge on any atom is -0.341 e. The molecule has 4 nitrogen and oxygen atoms in total. The Morgan fingerprint density at radius 1 is 1.50 bits per heavy atom. The second-order valence-electron chi connectivity index (χ2n) is 6.05. The van der Waals surface area contributed by atoms with Crippen molar-refractivity contribution in [1.29, 1.82) is 0 Å². The summed E-state index contributed by atoms with van der Waals surface area (Å²) in [6.45, 7) is 5.83. The van der Waals surface area contributed by atoms with Gasteiger partial charge < -0.3 is 10.6 Å². The molecule has 1 aromatic rings. The minimum atomic E-state index is 0. The first kappa shape index (κ1) is 21.5. The van der Waals surface area contributed by atoms with Crippen LogP contribution >= 0.6 is 36.6 Å². The number of carbonyl (C=O) groups excluding carboxylic acids is 1. The number of likely N-dealkylation sites (tertiary alicyclic amines) is 1. The van der Waals surface area contributed by atoms with E-state index in [-0.39, 0.29) is 42.2 Å².